The van der Waals surface area contributed by atoms with Crippen LogP contribution in [0.15, 0.2) is 6.20 Å². The molecule has 0 spiro atoms. The molecule has 0 atom stereocenters. The van der Waals surface area contributed by atoms with Crippen LogP contribution < -0.4 is 0 Å². The van der Waals surface area contributed by atoms with Gasteiger partial charge in [0.25, 0.3) is 0 Å². The zero-order chi connectivity index (χ0) is 21.1. The summed E-state index contributed by atoms with van der Waals surface area (Å²) in [7, 11) is 0. The molecule has 6 rings (SSSR count). The van der Waals surface area contributed by atoms with Crippen LogP contribution in [0, 0.1) is 16.6 Å². The Bertz CT molecular complexity index is 722. The van der Waals surface area contributed by atoms with Gasteiger partial charge in [-0.25, -0.2) is 0 Å². The van der Waals surface area contributed by atoms with Crippen molar-refractivity contribution in [3.63, 3.8) is 0 Å². The van der Waals surface area contributed by atoms with E-state index in [0.29, 0.717) is 5.54 Å². The minimum absolute atomic E-state index is 0.593. The maximum atomic E-state index is 2.63. The van der Waals surface area contributed by atoms with Crippen molar-refractivity contribution in [2.45, 2.75) is 127 Å². The topological polar surface area (TPSA) is 13.1 Å². The number of rotatable bonds is 3. The number of imidazole rings is 1. The van der Waals surface area contributed by atoms with Gasteiger partial charge in [-0.15, -0.1) is 0 Å². The van der Waals surface area contributed by atoms with E-state index in [2.05, 4.69) is 88.7 Å². The first-order valence-electron chi connectivity index (χ1n) is 12.4. The zero-order valence-electron chi connectivity index (χ0n) is 18.5. The molecule has 5 fully saturated rings. The van der Waals surface area contributed by atoms with E-state index in [-0.39, 0.29) is 0 Å². The third-order valence-corrected chi connectivity index (χ3v) is 11.6. The van der Waals surface area contributed by atoms with E-state index >= 15 is 0 Å². The molecule has 174 valence electrons. The van der Waals surface area contributed by atoms with Crippen molar-refractivity contribution in [1.29, 1.82) is 0 Å². The van der Waals surface area contributed by atoms with Crippen molar-refractivity contribution in [3.8, 4) is 0 Å². The molecule has 1 heterocycles. The molecule has 0 saturated heterocycles. The maximum absolute atomic E-state index is 2.63. The summed E-state index contributed by atoms with van der Waals surface area (Å²) in [4.78, 5) is 0. The summed E-state index contributed by atoms with van der Waals surface area (Å²) in [5.41, 5.74) is 2.07. The SMILES string of the molecule is Cc1cn(C2CCCCC2)[c](=[Pt])n1C1CCCCC1.IN(I)C12CCC(CC1)CC2. The minimum Gasteiger partial charge on any atom is -0.182 e. The number of hydrogen-bond acceptors (Lipinski definition) is 1. The smallest absolute Gasteiger partial charge is 0.0408 e. The third kappa shape index (κ3) is 5.51. The molecular formula is C24H39I2N3Pt. The third-order valence-electron chi connectivity index (χ3n) is 8.41. The molecule has 1 aromatic rings. The fourth-order valence-electron chi connectivity index (χ4n) is 6.42. The molecule has 1 aromatic heterocycles. The second-order valence-corrected chi connectivity index (χ2v) is 15.1. The molecular weight excluding hydrogens is 779 g/mol. The minimum atomic E-state index is 0.593. The number of halogens is 2. The van der Waals surface area contributed by atoms with Gasteiger partial charge in [0.15, 0.2) is 0 Å². The Morgan fingerprint density at radius 2 is 1.33 bits per heavy atom. The van der Waals surface area contributed by atoms with Crippen LogP contribution in [0.5, 0.6) is 0 Å². The molecule has 5 aliphatic rings. The Morgan fingerprint density at radius 1 is 0.833 bits per heavy atom. The number of aromatic nitrogens is 2. The molecule has 0 aromatic carbocycles. The van der Waals surface area contributed by atoms with E-state index in [1.54, 1.807) is 0 Å². The average molecular weight is 818 g/mol. The summed E-state index contributed by atoms with van der Waals surface area (Å²) in [6.45, 7) is 2.30. The van der Waals surface area contributed by atoms with Gasteiger partial charge in [-0.3, -0.25) is 0 Å². The Morgan fingerprint density at radius 3 is 1.80 bits per heavy atom. The first kappa shape index (κ1) is 24.4. The largest absolute Gasteiger partial charge is 0.182 e. The predicted octanol–water partition coefficient (Wildman–Crippen LogP) is 8.40. The van der Waals surface area contributed by atoms with E-state index in [4.69, 9.17) is 0 Å². The Kier molecular flexibility index (Phi) is 9.09. The molecule has 6 heteroatoms. The Labute approximate surface area is 222 Å². The summed E-state index contributed by atoms with van der Waals surface area (Å²) in [6.07, 6.45) is 25.3. The molecule has 0 unspecified atom stereocenters. The van der Waals surface area contributed by atoms with E-state index < -0.39 is 0 Å². The maximum Gasteiger partial charge on any atom is 0.0408 e. The van der Waals surface area contributed by atoms with Crippen LogP contribution >= 0.6 is 45.7 Å². The fraction of sp³-hybridized carbons (Fsp3) is 0.875. The van der Waals surface area contributed by atoms with Crippen molar-refractivity contribution in [2.75, 3.05) is 0 Å². The zero-order valence-corrected chi connectivity index (χ0v) is 25.1. The van der Waals surface area contributed by atoms with Crippen LogP contribution in [0.4, 0.5) is 0 Å². The summed E-state index contributed by atoms with van der Waals surface area (Å²) in [5, 5.41) is 0. The van der Waals surface area contributed by atoms with Gasteiger partial charge in [-0.1, -0.05) is 0 Å². The molecule has 0 amide bonds. The second kappa shape index (κ2) is 11.2. The van der Waals surface area contributed by atoms with Gasteiger partial charge in [0.05, 0.1) is 0 Å². The van der Waals surface area contributed by atoms with Gasteiger partial charge in [0.2, 0.25) is 0 Å². The molecule has 0 N–H and O–H groups in total. The molecule has 2 bridgehead atoms. The van der Waals surface area contributed by atoms with E-state index in [9.17, 15) is 0 Å². The van der Waals surface area contributed by atoms with Crippen LogP contribution in [0.1, 0.15) is 121 Å². The van der Waals surface area contributed by atoms with E-state index in [1.165, 1.54) is 112 Å². The van der Waals surface area contributed by atoms with Gasteiger partial charge in [-0.05, 0) is 44.4 Å². The van der Waals surface area contributed by atoms with Gasteiger partial charge in [-0.2, -0.15) is 1.33 Å². The molecule has 5 saturated carbocycles. The van der Waals surface area contributed by atoms with Gasteiger partial charge >= 0.3 is 127 Å². The molecule has 30 heavy (non-hydrogen) atoms. The average Bonchev–Trinajstić information content (AvgIpc) is 3.10. The van der Waals surface area contributed by atoms with E-state index in [0.717, 1.165) is 18.0 Å². The van der Waals surface area contributed by atoms with Crippen LogP contribution in [0.3, 0.4) is 0 Å². The van der Waals surface area contributed by atoms with Gasteiger partial charge in [0, 0.05) is 51.3 Å². The van der Waals surface area contributed by atoms with Crippen molar-refractivity contribution in [1.82, 2.24) is 10.5 Å². The summed E-state index contributed by atoms with van der Waals surface area (Å²) < 4.78 is 9.12. The standard InChI is InChI=1S/C16H26N2.C8H13I2N.Pt/c1-14-12-17(15-8-4-2-5-9-15)13-18(14)16-10-6-3-7-11-16;9-11(10)8-4-1-7(2-5-8)3-6-8;/h12,15-16H,2-11H2,1H3;7H,1-6H2;. The number of aryl methyl sites for hydroxylation is 1. The predicted molar refractivity (Wildman–Crippen MR) is 138 cm³/mol. The van der Waals surface area contributed by atoms with Gasteiger partial charge in [0.1, 0.15) is 0 Å². The molecule has 0 aliphatic heterocycles. The fourth-order valence-corrected chi connectivity index (χ4v) is 9.25. The van der Waals surface area contributed by atoms with Gasteiger partial charge < -0.3 is 0 Å². The Hall–Kier alpha value is 1.32. The number of nitrogens with zero attached hydrogens (tertiary/aromatic N) is 3. The number of hydrogen-bond donors (Lipinski definition) is 0. The summed E-state index contributed by atoms with van der Waals surface area (Å²) >= 11 is 7.49. The molecule has 0 radical (unpaired) electrons. The van der Waals surface area contributed by atoms with E-state index in [1.807, 2.05) is 0 Å². The van der Waals surface area contributed by atoms with Crippen LogP contribution in [0.25, 0.3) is 0 Å². The first-order chi connectivity index (χ1) is 14.5. The quantitative estimate of drug-likeness (QED) is 0.221. The van der Waals surface area contributed by atoms with Crippen LogP contribution in [-0.2, 0) is 19.4 Å². The van der Waals surface area contributed by atoms with Crippen molar-refractivity contribution >= 4 is 45.7 Å². The Balaban J connectivity index is 0.000000168. The summed E-state index contributed by atoms with van der Waals surface area (Å²) in [6, 6.07) is 1.54. The van der Waals surface area contributed by atoms with Crippen molar-refractivity contribution in [3.05, 3.63) is 15.7 Å². The summed E-state index contributed by atoms with van der Waals surface area (Å²) in [5.74, 6) is 1.09. The number of fused-ring (bicyclic) bond motifs is 3. The van der Waals surface area contributed by atoms with Crippen molar-refractivity contribution in [2.24, 2.45) is 5.92 Å². The first-order valence-corrected chi connectivity index (χ1v) is 15.4. The molecule has 5 aliphatic carbocycles. The van der Waals surface area contributed by atoms with Crippen LogP contribution in [-0.4, -0.2) is 16.0 Å². The van der Waals surface area contributed by atoms with Crippen LogP contribution in [0.2, 0.25) is 0 Å². The monoisotopic (exact) mass is 818 g/mol. The van der Waals surface area contributed by atoms with Crippen molar-refractivity contribution < 1.29 is 19.4 Å². The molecule has 3 nitrogen and oxygen atoms in total. The second-order valence-electron chi connectivity index (χ2n) is 10.3. The normalized spacial score (nSPS) is 30.4.